The minimum atomic E-state index is 0.195. The number of hydrogen-bond donors (Lipinski definition) is 1. The molecule has 1 aromatic heterocycles. The van der Waals surface area contributed by atoms with Crippen LogP contribution in [0, 0.1) is 5.92 Å². The second-order valence-electron chi connectivity index (χ2n) is 5.61. The molecule has 0 aromatic carbocycles. The lowest BCUT2D eigenvalue weighted by Crippen LogP contribution is -2.48. The number of hydrogen-bond acceptors (Lipinski definition) is 2. The number of rotatable bonds is 5. The second-order valence-corrected chi connectivity index (χ2v) is 6.56. The van der Waals surface area contributed by atoms with Crippen LogP contribution < -0.4 is 5.32 Å². The first-order valence-electron chi connectivity index (χ1n) is 6.98. The quantitative estimate of drug-likeness (QED) is 0.810. The van der Waals surface area contributed by atoms with Gasteiger partial charge in [-0.2, -0.15) is 0 Å². The van der Waals surface area contributed by atoms with Crippen molar-refractivity contribution in [1.82, 2.24) is 5.32 Å². The Kier molecular flexibility index (Phi) is 4.26. The maximum Gasteiger partial charge on any atom is 0.0530 e. The molecule has 0 aliphatic heterocycles. The van der Waals surface area contributed by atoms with E-state index in [4.69, 9.17) is 0 Å². The van der Waals surface area contributed by atoms with E-state index in [1.807, 2.05) is 11.3 Å². The zero-order valence-electron chi connectivity index (χ0n) is 11.3. The summed E-state index contributed by atoms with van der Waals surface area (Å²) in [7, 11) is 0. The Morgan fingerprint density at radius 3 is 2.71 bits per heavy atom. The van der Waals surface area contributed by atoms with Crippen molar-refractivity contribution in [3.63, 3.8) is 0 Å². The minimum Gasteiger partial charge on any atom is -0.304 e. The Bertz CT molecular complexity index is 327. The van der Waals surface area contributed by atoms with Crippen LogP contribution in [-0.4, -0.2) is 6.04 Å². The maximum absolute atomic E-state index is 3.90. The van der Waals surface area contributed by atoms with Crippen molar-refractivity contribution >= 4 is 11.3 Å². The van der Waals surface area contributed by atoms with Gasteiger partial charge in [-0.3, -0.25) is 0 Å². The summed E-state index contributed by atoms with van der Waals surface area (Å²) < 4.78 is 0. The monoisotopic (exact) mass is 251 g/mol. The first-order valence-corrected chi connectivity index (χ1v) is 7.86. The van der Waals surface area contributed by atoms with E-state index in [1.165, 1.54) is 37.0 Å². The summed E-state index contributed by atoms with van der Waals surface area (Å²) in [5.41, 5.74) is 0.195. The summed E-state index contributed by atoms with van der Waals surface area (Å²) in [4.78, 5) is 1.52. The molecule has 17 heavy (non-hydrogen) atoms. The molecule has 0 spiro atoms. The van der Waals surface area contributed by atoms with Gasteiger partial charge in [0.05, 0.1) is 5.54 Å². The van der Waals surface area contributed by atoms with Gasteiger partial charge in [-0.1, -0.05) is 25.8 Å². The lowest BCUT2D eigenvalue weighted by molar-refractivity contribution is 0.215. The molecule has 96 valence electrons. The van der Waals surface area contributed by atoms with Gasteiger partial charge in [0.1, 0.15) is 0 Å². The molecular weight excluding hydrogens is 226 g/mol. The van der Waals surface area contributed by atoms with Crippen LogP contribution in [0.4, 0.5) is 0 Å². The van der Waals surface area contributed by atoms with Crippen molar-refractivity contribution in [3.05, 3.63) is 22.4 Å². The first kappa shape index (κ1) is 13.1. The van der Waals surface area contributed by atoms with E-state index in [0.717, 1.165) is 5.92 Å². The van der Waals surface area contributed by atoms with E-state index in [1.54, 1.807) is 0 Å². The molecule has 1 fully saturated rings. The average Bonchev–Trinajstić information content (AvgIpc) is 3.01. The van der Waals surface area contributed by atoms with Gasteiger partial charge < -0.3 is 5.32 Å². The predicted molar refractivity (Wildman–Crippen MR) is 76.5 cm³/mol. The largest absolute Gasteiger partial charge is 0.304 e. The predicted octanol–water partition coefficient (Wildman–Crippen LogP) is 4.54. The topological polar surface area (TPSA) is 12.0 Å². The standard InChI is InChI=1S/C15H25NS/c1-4-12(2)16-15(3,13-8-5-6-9-13)14-10-7-11-17-14/h7,10-13,16H,4-6,8-9H2,1-3H3. The summed E-state index contributed by atoms with van der Waals surface area (Å²) in [6, 6.07) is 5.09. The van der Waals surface area contributed by atoms with Crippen molar-refractivity contribution in [2.24, 2.45) is 5.92 Å². The van der Waals surface area contributed by atoms with Gasteiger partial charge in [-0.15, -0.1) is 11.3 Å². The molecule has 1 N–H and O–H groups in total. The first-order chi connectivity index (χ1) is 8.16. The van der Waals surface area contributed by atoms with Crippen LogP contribution in [0.2, 0.25) is 0 Å². The lowest BCUT2D eigenvalue weighted by Gasteiger charge is -2.38. The van der Waals surface area contributed by atoms with E-state index in [2.05, 4.69) is 43.6 Å². The Balaban J connectivity index is 2.21. The summed E-state index contributed by atoms with van der Waals surface area (Å²) in [6.07, 6.45) is 6.80. The van der Waals surface area contributed by atoms with E-state index in [0.29, 0.717) is 6.04 Å². The highest BCUT2D eigenvalue weighted by atomic mass is 32.1. The molecule has 2 rings (SSSR count). The zero-order chi connectivity index (χ0) is 12.3. The van der Waals surface area contributed by atoms with Gasteiger partial charge in [-0.05, 0) is 50.5 Å². The van der Waals surface area contributed by atoms with Crippen LogP contribution in [0.1, 0.15) is 57.8 Å². The fraction of sp³-hybridized carbons (Fsp3) is 0.733. The third-order valence-electron chi connectivity index (χ3n) is 4.36. The highest BCUT2D eigenvalue weighted by Gasteiger charge is 2.38. The summed E-state index contributed by atoms with van der Waals surface area (Å²) in [5.74, 6) is 0.815. The van der Waals surface area contributed by atoms with Crippen LogP contribution in [0.25, 0.3) is 0 Å². The third kappa shape index (κ3) is 2.74. The molecule has 2 atom stereocenters. The molecule has 1 saturated carbocycles. The lowest BCUT2D eigenvalue weighted by atomic mass is 9.82. The van der Waals surface area contributed by atoms with E-state index in [-0.39, 0.29) is 5.54 Å². The summed E-state index contributed by atoms with van der Waals surface area (Å²) in [5, 5.41) is 6.11. The second kappa shape index (κ2) is 5.53. The molecule has 0 bridgehead atoms. The minimum absolute atomic E-state index is 0.195. The van der Waals surface area contributed by atoms with Crippen molar-refractivity contribution in [2.45, 2.75) is 64.5 Å². The Morgan fingerprint density at radius 1 is 1.47 bits per heavy atom. The van der Waals surface area contributed by atoms with Crippen molar-refractivity contribution in [3.8, 4) is 0 Å². The van der Waals surface area contributed by atoms with Gasteiger partial charge in [0, 0.05) is 10.9 Å². The van der Waals surface area contributed by atoms with Crippen LogP contribution >= 0.6 is 11.3 Å². The molecule has 0 amide bonds. The molecule has 0 saturated heterocycles. The summed E-state index contributed by atoms with van der Waals surface area (Å²) in [6.45, 7) is 6.99. The zero-order valence-corrected chi connectivity index (χ0v) is 12.1. The molecule has 2 heteroatoms. The molecular formula is C15H25NS. The van der Waals surface area contributed by atoms with Gasteiger partial charge in [0.2, 0.25) is 0 Å². The Morgan fingerprint density at radius 2 is 2.18 bits per heavy atom. The Hall–Kier alpha value is -0.340. The molecule has 2 unspecified atom stereocenters. The smallest absolute Gasteiger partial charge is 0.0530 e. The number of nitrogens with one attached hydrogen (secondary N) is 1. The fourth-order valence-corrected chi connectivity index (χ4v) is 4.01. The van der Waals surface area contributed by atoms with Crippen LogP contribution in [0.3, 0.4) is 0 Å². The normalized spacial score (nSPS) is 22.5. The molecule has 1 aliphatic carbocycles. The fourth-order valence-electron chi connectivity index (χ4n) is 3.08. The highest BCUT2D eigenvalue weighted by Crippen LogP contribution is 2.42. The molecule has 1 aliphatic rings. The average molecular weight is 251 g/mol. The van der Waals surface area contributed by atoms with Gasteiger partial charge >= 0.3 is 0 Å². The number of thiophene rings is 1. The van der Waals surface area contributed by atoms with E-state index in [9.17, 15) is 0 Å². The molecule has 1 nitrogen and oxygen atoms in total. The van der Waals surface area contributed by atoms with Gasteiger partial charge in [0.15, 0.2) is 0 Å². The van der Waals surface area contributed by atoms with E-state index >= 15 is 0 Å². The van der Waals surface area contributed by atoms with Crippen molar-refractivity contribution in [2.75, 3.05) is 0 Å². The van der Waals surface area contributed by atoms with Crippen LogP contribution in [0.5, 0.6) is 0 Å². The van der Waals surface area contributed by atoms with Crippen molar-refractivity contribution < 1.29 is 0 Å². The van der Waals surface area contributed by atoms with Crippen LogP contribution in [-0.2, 0) is 5.54 Å². The molecule has 1 aromatic rings. The van der Waals surface area contributed by atoms with Gasteiger partial charge in [-0.25, -0.2) is 0 Å². The molecule has 1 heterocycles. The Labute approximate surface area is 110 Å². The van der Waals surface area contributed by atoms with Gasteiger partial charge in [0.25, 0.3) is 0 Å². The van der Waals surface area contributed by atoms with E-state index < -0.39 is 0 Å². The highest BCUT2D eigenvalue weighted by molar-refractivity contribution is 7.10. The third-order valence-corrected chi connectivity index (χ3v) is 5.47. The summed E-state index contributed by atoms with van der Waals surface area (Å²) >= 11 is 1.91. The maximum atomic E-state index is 3.90. The van der Waals surface area contributed by atoms with Crippen molar-refractivity contribution in [1.29, 1.82) is 0 Å². The van der Waals surface area contributed by atoms with Crippen LogP contribution in [0.15, 0.2) is 17.5 Å². The SMILES string of the molecule is CCC(C)NC(C)(c1cccs1)C1CCCC1. The molecule has 0 radical (unpaired) electrons.